The van der Waals surface area contributed by atoms with Crippen molar-refractivity contribution in [3.8, 4) is 12.0 Å². The molecular weight excluding hydrogens is 542 g/mol. The smallest absolute Gasteiger partial charge is 0.434 e. The quantitative estimate of drug-likeness (QED) is 0.352. The van der Waals surface area contributed by atoms with Gasteiger partial charge in [0.15, 0.2) is 5.69 Å². The van der Waals surface area contributed by atoms with Crippen molar-refractivity contribution in [1.29, 1.82) is 0 Å². The van der Waals surface area contributed by atoms with Crippen molar-refractivity contribution in [1.82, 2.24) is 15.0 Å². The van der Waals surface area contributed by atoms with Crippen molar-refractivity contribution < 1.29 is 72.6 Å². The Labute approximate surface area is 189 Å². The van der Waals surface area contributed by atoms with E-state index in [-0.39, 0.29) is 11.4 Å². The van der Waals surface area contributed by atoms with Crippen molar-refractivity contribution in [2.45, 2.75) is 36.9 Å². The zero-order valence-corrected chi connectivity index (χ0v) is 16.5. The van der Waals surface area contributed by atoms with Gasteiger partial charge in [-0.15, -0.1) is 4.98 Å². The molecule has 0 aliphatic rings. The minimum Gasteiger partial charge on any atom is -0.595 e. The molecule has 0 bridgehead atoms. The molecule has 202 valence electrons. The van der Waals surface area contributed by atoms with Gasteiger partial charge in [0.2, 0.25) is 5.95 Å². The van der Waals surface area contributed by atoms with Gasteiger partial charge in [0.1, 0.15) is 0 Å². The van der Waals surface area contributed by atoms with Gasteiger partial charge in [-0.25, -0.2) is 5.21 Å². The van der Waals surface area contributed by atoms with E-state index < -0.39 is 60.1 Å². The van der Waals surface area contributed by atoms with E-state index in [1.54, 1.807) is 0 Å². The summed E-state index contributed by atoms with van der Waals surface area (Å²) in [6, 6.07) is -0.284. The molecule has 0 fully saturated rings. The van der Waals surface area contributed by atoms with Crippen LogP contribution in [0.25, 0.3) is 0 Å². The van der Waals surface area contributed by atoms with Gasteiger partial charge in [-0.2, -0.15) is 67.9 Å². The molecule has 1 unspecified atom stereocenters. The van der Waals surface area contributed by atoms with Crippen LogP contribution < -0.4 is 20.0 Å². The highest BCUT2D eigenvalue weighted by atomic mass is 19.4. The van der Waals surface area contributed by atoms with E-state index in [4.69, 9.17) is 5.21 Å². The fourth-order valence-electron chi connectivity index (χ4n) is 2.17. The number of benzene rings is 1. The van der Waals surface area contributed by atoms with Crippen molar-refractivity contribution in [2.24, 2.45) is 0 Å². The van der Waals surface area contributed by atoms with Crippen LogP contribution in [-0.4, -0.2) is 57.1 Å². The lowest BCUT2D eigenvalue weighted by molar-refractivity contribution is -0.991. The largest absolute Gasteiger partial charge is 0.595 e. The molecule has 2 rings (SSSR count). The number of quaternary nitrogens is 1. The molecule has 1 aromatic carbocycles. The van der Waals surface area contributed by atoms with Gasteiger partial charge >= 0.3 is 36.7 Å². The molecule has 0 aliphatic heterocycles. The highest BCUT2D eigenvalue weighted by molar-refractivity contribution is 5.55. The summed E-state index contributed by atoms with van der Waals surface area (Å²) in [5.74, 6) is -1.22. The summed E-state index contributed by atoms with van der Waals surface area (Å²) < 4.78 is 160. The predicted molar refractivity (Wildman–Crippen MR) is 88.4 cm³/mol. The molecule has 1 aromatic heterocycles. The third-order valence-corrected chi connectivity index (χ3v) is 3.62. The van der Waals surface area contributed by atoms with E-state index in [1.165, 1.54) is 0 Å². The van der Waals surface area contributed by atoms with Crippen LogP contribution in [0.2, 0.25) is 0 Å². The van der Waals surface area contributed by atoms with E-state index in [0.29, 0.717) is 0 Å². The molecule has 1 heterocycles. The van der Waals surface area contributed by atoms with E-state index in [1.807, 2.05) is 5.32 Å². The molecule has 36 heavy (non-hydrogen) atoms. The van der Waals surface area contributed by atoms with Crippen molar-refractivity contribution in [2.75, 3.05) is 5.32 Å². The summed E-state index contributed by atoms with van der Waals surface area (Å²) in [4.78, 5) is 8.50. The molecule has 0 saturated heterocycles. The number of rotatable bonds is 7. The number of nitrogens with zero attached hydrogens (tertiary/aromatic N) is 3. The van der Waals surface area contributed by atoms with Crippen LogP contribution >= 0.6 is 0 Å². The Morgan fingerprint density at radius 1 is 0.694 bits per heavy atom. The summed E-state index contributed by atoms with van der Waals surface area (Å²) >= 11 is 0. The molecule has 9 nitrogen and oxygen atoms in total. The Hall–Kier alpha value is -3.33. The molecule has 3 N–H and O–H groups in total. The van der Waals surface area contributed by atoms with Crippen LogP contribution in [-0.2, 0) is 0 Å². The van der Waals surface area contributed by atoms with E-state index in [2.05, 4.69) is 24.4 Å². The first-order valence-corrected chi connectivity index (χ1v) is 8.64. The topological polar surface area (TPSA) is 117 Å². The maximum atomic E-state index is 12.8. The second kappa shape index (κ2) is 9.97. The van der Waals surface area contributed by atoms with Crippen LogP contribution in [0.4, 0.5) is 70.0 Å². The first-order chi connectivity index (χ1) is 16.2. The lowest BCUT2D eigenvalue weighted by Crippen LogP contribution is -2.99. The van der Waals surface area contributed by atoms with Crippen molar-refractivity contribution >= 4 is 17.3 Å². The molecular formula is C15H9F12N5O4. The summed E-state index contributed by atoms with van der Waals surface area (Å²) in [7, 11) is 0. The average Bonchev–Trinajstić information content (AvgIpc) is 2.67. The maximum absolute atomic E-state index is 12.8. The Morgan fingerprint density at radius 3 is 1.36 bits per heavy atom. The molecule has 0 aliphatic carbocycles. The second-order valence-electron chi connectivity index (χ2n) is 6.39. The van der Waals surface area contributed by atoms with Crippen LogP contribution in [0, 0.1) is 5.21 Å². The van der Waals surface area contributed by atoms with Gasteiger partial charge in [0, 0.05) is 17.8 Å². The molecule has 1 atom stereocenters. The Kier molecular flexibility index (Phi) is 8.00. The normalized spacial score (nSPS) is 14.2. The van der Waals surface area contributed by atoms with E-state index in [9.17, 15) is 57.9 Å². The van der Waals surface area contributed by atoms with Gasteiger partial charge in [-0.1, -0.05) is 0 Å². The van der Waals surface area contributed by atoms with Gasteiger partial charge in [-0.05, 0) is 12.1 Å². The molecule has 21 heteroatoms. The Morgan fingerprint density at radius 2 is 1.06 bits per heavy atom. The Balaban J connectivity index is 2.53. The van der Waals surface area contributed by atoms with Gasteiger partial charge in [-0.3, -0.25) is 0 Å². The highest BCUT2D eigenvalue weighted by Crippen LogP contribution is 2.38. The standard InChI is InChI=1S/C15H9F12N5O4/c16-12(17,18)7(13(19,20)21)35-10-29-9(28-5-1-3-6(4-2-5)32(33)34)30-11(31-10)36-8(14(22,23)24)15(25,26)27/h1-4,7-8,32-33H,(H,28,29,30,31). The monoisotopic (exact) mass is 551 g/mol. The first-order valence-electron chi connectivity index (χ1n) is 8.64. The van der Waals surface area contributed by atoms with Crippen LogP contribution in [0.3, 0.4) is 0 Å². The fraction of sp³-hybridized carbons (Fsp3) is 0.400. The summed E-state index contributed by atoms with van der Waals surface area (Å²) in [6.45, 7) is 0. The van der Waals surface area contributed by atoms with Crippen molar-refractivity contribution in [3.63, 3.8) is 0 Å². The molecule has 2 aromatic rings. The van der Waals surface area contributed by atoms with Crippen LogP contribution in [0.1, 0.15) is 0 Å². The third-order valence-electron chi connectivity index (χ3n) is 3.62. The minimum atomic E-state index is -6.16. The van der Waals surface area contributed by atoms with E-state index in [0.717, 1.165) is 24.3 Å². The lowest BCUT2D eigenvalue weighted by Gasteiger charge is -2.24. The third kappa shape index (κ3) is 7.84. The molecule has 0 amide bonds. The number of ether oxygens (including phenoxy) is 2. The number of aromatic nitrogens is 3. The lowest BCUT2D eigenvalue weighted by atomic mass is 10.3. The predicted octanol–water partition coefficient (Wildman–Crippen LogP) is 3.76. The average molecular weight is 551 g/mol. The minimum absolute atomic E-state index is 0.255. The summed E-state index contributed by atoms with van der Waals surface area (Å²) in [6.07, 6.45) is -33.9. The first kappa shape index (κ1) is 28.9. The second-order valence-corrected chi connectivity index (χ2v) is 6.39. The summed E-state index contributed by atoms with van der Waals surface area (Å²) in [5, 5.41) is 20.2. The van der Waals surface area contributed by atoms with Crippen molar-refractivity contribution in [3.05, 3.63) is 29.5 Å². The number of hydrogen-bond donors (Lipinski definition) is 3. The SMILES string of the molecule is [O-][NH+](O)c1ccc(Nc2nc(OC(C(F)(F)F)C(F)(F)F)nc(OC(C(F)(F)F)C(F)(F)F)n2)cc1. The number of nitrogens with one attached hydrogen (secondary N) is 2. The Bertz CT molecular complexity index is 944. The zero-order valence-electron chi connectivity index (χ0n) is 16.5. The number of alkyl halides is 12. The molecule has 0 saturated carbocycles. The summed E-state index contributed by atoms with van der Waals surface area (Å²) in [5.41, 5.74) is -0.560. The zero-order chi connectivity index (χ0) is 27.7. The van der Waals surface area contributed by atoms with Crippen LogP contribution in [0.15, 0.2) is 24.3 Å². The van der Waals surface area contributed by atoms with Crippen LogP contribution in [0.5, 0.6) is 12.0 Å². The highest BCUT2D eigenvalue weighted by Gasteiger charge is 2.61. The fourth-order valence-corrected chi connectivity index (χ4v) is 2.17. The van der Waals surface area contributed by atoms with Gasteiger partial charge < -0.3 is 20.0 Å². The molecule has 0 radical (unpaired) electrons. The maximum Gasteiger partial charge on any atom is 0.434 e. The number of halogens is 12. The van der Waals surface area contributed by atoms with Gasteiger partial charge in [0.25, 0.3) is 12.2 Å². The van der Waals surface area contributed by atoms with Gasteiger partial charge in [0.05, 0.1) is 0 Å². The number of hydrogen-bond acceptors (Lipinski definition) is 8. The number of anilines is 2. The molecule has 0 spiro atoms. The van der Waals surface area contributed by atoms with E-state index >= 15 is 0 Å².